The van der Waals surface area contributed by atoms with Crippen LogP contribution in [0.15, 0.2) is 53.4 Å². The first-order chi connectivity index (χ1) is 10.4. The Bertz CT molecular complexity index is 836. The van der Waals surface area contributed by atoms with Crippen molar-refractivity contribution in [3.05, 3.63) is 65.5 Å². The molecule has 0 unspecified atom stereocenters. The maximum absolute atomic E-state index is 13.0. The molecule has 5 heteroatoms. The van der Waals surface area contributed by atoms with E-state index in [4.69, 9.17) is 0 Å². The summed E-state index contributed by atoms with van der Waals surface area (Å²) in [4.78, 5) is 0.230. The maximum atomic E-state index is 13.0. The first kappa shape index (κ1) is 14.7. The van der Waals surface area contributed by atoms with Crippen molar-refractivity contribution in [2.45, 2.75) is 23.0 Å². The van der Waals surface area contributed by atoms with Gasteiger partial charge in [0.25, 0.3) is 0 Å². The summed E-state index contributed by atoms with van der Waals surface area (Å²) >= 11 is 0. The molecule has 0 spiro atoms. The van der Waals surface area contributed by atoms with Crippen LogP contribution < -0.4 is 0 Å². The summed E-state index contributed by atoms with van der Waals surface area (Å²) in [6, 6.07) is 14.4. The zero-order valence-electron chi connectivity index (χ0n) is 11.9. The van der Waals surface area contributed by atoms with E-state index >= 15 is 0 Å². The molecule has 3 atom stereocenters. The molecule has 112 valence electrons. The maximum Gasteiger partial charge on any atom is 0.183 e. The van der Waals surface area contributed by atoms with E-state index in [-0.39, 0.29) is 10.7 Å². The van der Waals surface area contributed by atoms with E-state index in [2.05, 4.69) is 6.07 Å². The van der Waals surface area contributed by atoms with Crippen LogP contribution in [0.1, 0.15) is 17.0 Å². The van der Waals surface area contributed by atoms with E-state index in [1.165, 1.54) is 12.1 Å². The summed E-state index contributed by atoms with van der Waals surface area (Å²) in [6.45, 7) is 1.88. The van der Waals surface area contributed by atoms with Crippen LogP contribution >= 0.6 is 0 Å². The fourth-order valence-corrected chi connectivity index (χ4v) is 4.86. The van der Waals surface area contributed by atoms with Gasteiger partial charge >= 0.3 is 0 Å². The molecule has 0 bridgehead atoms. The topological polar surface area (TPSA) is 57.9 Å². The van der Waals surface area contributed by atoms with Crippen molar-refractivity contribution in [2.75, 3.05) is 0 Å². The molecule has 0 aliphatic heterocycles. The Morgan fingerprint density at radius 2 is 1.64 bits per heavy atom. The minimum atomic E-state index is -3.57. The number of benzene rings is 2. The number of rotatable bonds is 3. The Kier molecular flexibility index (Phi) is 3.50. The third-order valence-corrected chi connectivity index (χ3v) is 6.30. The standard InChI is InChI=1S/C17H14FNO2S/c1-11-2-8-14(9-3-11)22(20,21)17-15(10-19)16(17)12-4-6-13(18)7-5-12/h2-9,15-17H,1H3/t15-,16-,17-/m0/s1. The summed E-state index contributed by atoms with van der Waals surface area (Å²) in [5.74, 6) is -1.36. The Balaban J connectivity index is 1.95. The van der Waals surface area contributed by atoms with Crippen molar-refractivity contribution in [2.24, 2.45) is 5.92 Å². The van der Waals surface area contributed by atoms with Crippen LogP contribution in [0.3, 0.4) is 0 Å². The van der Waals surface area contributed by atoms with Gasteiger partial charge in [0.05, 0.1) is 22.1 Å². The summed E-state index contributed by atoms with van der Waals surface area (Å²) in [5.41, 5.74) is 1.66. The second-order valence-corrected chi connectivity index (χ2v) is 7.66. The molecule has 22 heavy (non-hydrogen) atoms. The van der Waals surface area contributed by atoms with E-state index in [0.29, 0.717) is 5.56 Å². The van der Waals surface area contributed by atoms with Gasteiger partial charge in [-0.2, -0.15) is 5.26 Å². The highest BCUT2D eigenvalue weighted by Crippen LogP contribution is 2.53. The highest BCUT2D eigenvalue weighted by molar-refractivity contribution is 7.92. The zero-order chi connectivity index (χ0) is 15.9. The van der Waals surface area contributed by atoms with E-state index in [1.54, 1.807) is 36.4 Å². The van der Waals surface area contributed by atoms with Gasteiger partial charge in [0.2, 0.25) is 0 Å². The summed E-state index contributed by atoms with van der Waals surface area (Å²) in [7, 11) is -3.57. The molecule has 1 fully saturated rings. The van der Waals surface area contributed by atoms with Crippen LogP contribution in [0.25, 0.3) is 0 Å². The van der Waals surface area contributed by atoms with Crippen molar-refractivity contribution in [1.82, 2.24) is 0 Å². The van der Waals surface area contributed by atoms with Crippen LogP contribution in [-0.4, -0.2) is 13.7 Å². The highest BCUT2D eigenvalue weighted by Gasteiger charge is 2.59. The van der Waals surface area contributed by atoms with E-state index in [1.807, 2.05) is 6.92 Å². The molecule has 0 aromatic heterocycles. The summed E-state index contributed by atoms with van der Waals surface area (Å²) < 4.78 is 38.4. The van der Waals surface area contributed by atoms with Crippen LogP contribution in [0, 0.1) is 30.0 Å². The normalized spacial score (nSPS) is 23.8. The van der Waals surface area contributed by atoms with Crippen molar-refractivity contribution in [1.29, 1.82) is 5.26 Å². The lowest BCUT2D eigenvalue weighted by atomic mass is 10.1. The molecule has 1 saturated carbocycles. The van der Waals surface area contributed by atoms with Gasteiger partial charge in [-0.05, 0) is 36.8 Å². The number of hydrogen-bond acceptors (Lipinski definition) is 3. The molecule has 1 aliphatic rings. The van der Waals surface area contributed by atoms with Gasteiger partial charge in [-0.15, -0.1) is 0 Å². The molecule has 0 radical (unpaired) electrons. The van der Waals surface area contributed by atoms with Crippen LogP contribution in [-0.2, 0) is 9.84 Å². The second kappa shape index (κ2) is 5.22. The second-order valence-electron chi connectivity index (χ2n) is 5.55. The van der Waals surface area contributed by atoms with Crippen molar-refractivity contribution < 1.29 is 12.8 Å². The Morgan fingerprint density at radius 1 is 1.05 bits per heavy atom. The highest BCUT2D eigenvalue weighted by atomic mass is 32.2. The van der Waals surface area contributed by atoms with Gasteiger partial charge < -0.3 is 0 Å². The van der Waals surface area contributed by atoms with Gasteiger partial charge in [0, 0.05) is 5.92 Å². The quantitative estimate of drug-likeness (QED) is 0.874. The Hall–Kier alpha value is -2.19. The molecule has 3 rings (SSSR count). The molecule has 1 aliphatic carbocycles. The van der Waals surface area contributed by atoms with Crippen molar-refractivity contribution in [3.63, 3.8) is 0 Å². The molecule has 2 aromatic carbocycles. The van der Waals surface area contributed by atoms with E-state index < -0.39 is 26.9 Å². The average Bonchev–Trinajstić information content (AvgIpc) is 3.24. The monoisotopic (exact) mass is 315 g/mol. The van der Waals surface area contributed by atoms with E-state index in [0.717, 1.165) is 5.56 Å². The lowest BCUT2D eigenvalue weighted by Gasteiger charge is -2.04. The summed E-state index contributed by atoms with van der Waals surface area (Å²) in [5, 5.41) is 8.47. The van der Waals surface area contributed by atoms with Crippen LogP contribution in [0.2, 0.25) is 0 Å². The SMILES string of the molecule is Cc1ccc(S(=O)(=O)[C@H]2[C@@H](C#N)[C@@H]2c2ccc(F)cc2)cc1. The Morgan fingerprint density at radius 3 is 2.18 bits per heavy atom. The molecule has 0 saturated heterocycles. The molecule has 0 N–H and O–H groups in total. The van der Waals surface area contributed by atoms with E-state index in [9.17, 15) is 18.1 Å². The predicted octanol–water partition coefficient (Wildman–Crippen LogP) is 3.21. The van der Waals surface area contributed by atoms with Gasteiger partial charge in [0.15, 0.2) is 9.84 Å². The smallest absolute Gasteiger partial charge is 0.183 e. The number of nitrogens with zero attached hydrogens (tertiary/aromatic N) is 1. The average molecular weight is 315 g/mol. The van der Waals surface area contributed by atoms with Gasteiger partial charge in [-0.1, -0.05) is 29.8 Å². The zero-order valence-corrected chi connectivity index (χ0v) is 12.7. The number of halogens is 1. The minimum Gasteiger partial charge on any atom is -0.223 e. The predicted molar refractivity (Wildman–Crippen MR) is 80.4 cm³/mol. The molecular formula is C17H14FNO2S. The molecule has 2 aromatic rings. The van der Waals surface area contributed by atoms with Crippen LogP contribution in [0.4, 0.5) is 4.39 Å². The molecular weight excluding hydrogens is 301 g/mol. The minimum absolute atomic E-state index is 0.230. The lowest BCUT2D eigenvalue weighted by Crippen LogP contribution is -2.10. The first-order valence-electron chi connectivity index (χ1n) is 6.91. The fraction of sp³-hybridized carbons (Fsp3) is 0.235. The third-order valence-electron chi connectivity index (χ3n) is 4.07. The largest absolute Gasteiger partial charge is 0.223 e. The summed E-state index contributed by atoms with van der Waals surface area (Å²) in [6.07, 6.45) is 0. The number of aryl methyl sites for hydroxylation is 1. The van der Waals surface area contributed by atoms with Gasteiger partial charge in [-0.25, -0.2) is 12.8 Å². The number of sulfone groups is 1. The Labute approximate surface area is 128 Å². The first-order valence-corrected chi connectivity index (χ1v) is 8.45. The third kappa shape index (κ3) is 2.40. The lowest BCUT2D eigenvalue weighted by molar-refractivity contribution is 0.593. The number of hydrogen-bond donors (Lipinski definition) is 0. The molecule has 0 amide bonds. The van der Waals surface area contributed by atoms with Crippen molar-refractivity contribution in [3.8, 4) is 6.07 Å². The fourth-order valence-electron chi connectivity index (χ4n) is 2.79. The molecule has 3 nitrogen and oxygen atoms in total. The van der Waals surface area contributed by atoms with Gasteiger partial charge in [-0.3, -0.25) is 0 Å². The number of nitriles is 1. The van der Waals surface area contributed by atoms with Crippen LogP contribution in [0.5, 0.6) is 0 Å². The molecule has 0 heterocycles. The van der Waals surface area contributed by atoms with Gasteiger partial charge in [0.1, 0.15) is 5.82 Å². The van der Waals surface area contributed by atoms with Crippen molar-refractivity contribution >= 4 is 9.84 Å².